The van der Waals surface area contributed by atoms with Gasteiger partial charge in [0.05, 0.1) is 17.7 Å². The molecule has 0 atom stereocenters. The molecule has 0 aliphatic carbocycles. The Bertz CT molecular complexity index is 1070. The van der Waals surface area contributed by atoms with Gasteiger partial charge < -0.3 is 15.8 Å². The molecule has 144 valence electrons. The number of carbonyl (C=O) groups excluding carboxylic acids is 2. The summed E-state index contributed by atoms with van der Waals surface area (Å²) >= 11 is 0. The van der Waals surface area contributed by atoms with Crippen molar-refractivity contribution < 1.29 is 14.3 Å². The van der Waals surface area contributed by atoms with Crippen LogP contribution in [-0.2, 0) is 11.2 Å². The summed E-state index contributed by atoms with van der Waals surface area (Å²) in [5.74, 6) is -0.346. The standard InChI is InChI=1S/C22H23N3O3/c1-28-12-11-24-17-13-14(9-10-15(17)22(23)27)21-16-5-2-3-6-18(16)25-19(21)7-4-8-20(25)26/h2-3,5-6,9-10,13,24H,4,7-8,11-12H2,1H3,(H2,23,27). The highest BCUT2D eigenvalue weighted by atomic mass is 16.5. The van der Waals surface area contributed by atoms with E-state index in [2.05, 4.69) is 5.32 Å². The molecule has 6 nitrogen and oxygen atoms in total. The minimum absolute atomic E-state index is 0.135. The van der Waals surface area contributed by atoms with Crippen LogP contribution < -0.4 is 11.1 Å². The highest BCUT2D eigenvalue weighted by Gasteiger charge is 2.25. The smallest absolute Gasteiger partial charge is 0.250 e. The molecule has 4 rings (SSSR count). The number of rotatable bonds is 6. The lowest BCUT2D eigenvalue weighted by Gasteiger charge is -2.17. The number of ether oxygens (including phenoxy) is 1. The molecule has 0 spiro atoms. The molecular weight excluding hydrogens is 354 g/mol. The van der Waals surface area contributed by atoms with Gasteiger partial charge in [0.15, 0.2) is 0 Å². The maximum Gasteiger partial charge on any atom is 0.250 e. The van der Waals surface area contributed by atoms with Crippen molar-refractivity contribution in [1.29, 1.82) is 0 Å². The van der Waals surface area contributed by atoms with Crippen molar-refractivity contribution in [1.82, 2.24) is 4.57 Å². The zero-order chi connectivity index (χ0) is 19.7. The fraction of sp³-hybridized carbons (Fsp3) is 0.273. The van der Waals surface area contributed by atoms with E-state index < -0.39 is 5.91 Å². The lowest BCUT2D eigenvalue weighted by molar-refractivity contribution is 0.0889. The zero-order valence-electron chi connectivity index (χ0n) is 15.8. The van der Waals surface area contributed by atoms with Gasteiger partial charge in [-0.1, -0.05) is 24.3 Å². The minimum atomic E-state index is -0.481. The summed E-state index contributed by atoms with van der Waals surface area (Å²) in [5.41, 5.74) is 10.6. The topological polar surface area (TPSA) is 86.3 Å². The molecular formula is C22H23N3O3. The molecule has 3 N–H and O–H groups in total. The molecule has 1 aliphatic rings. The summed E-state index contributed by atoms with van der Waals surface area (Å²) in [6, 6.07) is 13.6. The van der Waals surface area contributed by atoms with Crippen molar-refractivity contribution in [3.8, 4) is 11.1 Å². The van der Waals surface area contributed by atoms with Gasteiger partial charge in [0, 0.05) is 42.4 Å². The number of aromatic nitrogens is 1. The number of nitrogens with one attached hydrogen (secondary N) is 1. The number of hydrogen-bond acceptors (Lipinski definition) is 4. The van der Waals surface area contributed by atoms with Crippen molar-refractivity contribution in [3.05, 3.63) is 53.7 Å². The Labute approximate surface area is 163 Å². The molecule has 0 saturated carbocycles. The van der Waals surface area contributed by atoms with Crippen LogP contribution in [0, 0.1) is 0 Å². The van der Waals surface area contributed by atoms with E-state index in [0.29, 0.717) is 30.8 Å². The van der Waals surface area contributed by atoms with Crippen LogP contribution in [0.5, 0.6) is 0 Å². The number of benzene rings is 2. The number of para-hydroxylation sites is 1. The molecule has 0 unspecified atom stereocenters. The minimum Gasteiger partial charge on any atom is -0.383 e. The number of hydrogen-bond donors (Lipinski definition) is 2. The Morgan fingerprint density at radius 3 is 2.82 bits per heavy atom. The first-order chi connectivity index (χ1) is 13.6. The quantitative estimate of drug-likeness (QED) is 0.644. The fourth-order valence-corrected chi connectivity index (χ4v) is 4.00. The Morgan fingerprint density at radius 2 is 2.04 bits per heavy atom. The predicted octanol–water partition coefficient (Wildman–Crippen LogP) is 3.44. The van der Waals surface area contributed by atoms with E-state index in [4.69, 9.17) is 10.5 Å². The van der Waals surface area contributed by atoms with Crippen molar-refractivity contribution in [3.63, 3.8) is 0 Å². The van der Waals surface area contributed by atoms with Gasteiger partial charge in [-0.25, -0.2) is 0 Å². The van der Waals surface area contributed by atoms with Crippen LogP contribution in [0.15, 0.2) is 42.5 Å². The van der Waals surface area contributed by atoms with Crippen LogP contribution in [0.1, 0.15) is 33.7 Å². The Kier molecular flexibility index (Phi) is 4.88. The van der Waals surface area contributed by atoms with Crippen LogP contribution in [0.4, 0.5) is 5.69 Å². The van der Waals surface area contributed by atoms with Crippen molar-refractivity contribution in [2.24, 2.45) is 5.73 Å². The van der Waals surface area contributed by atoms with Crippen molar-refractivity contribution in [2.45, 2.75) is 19.3 Å². The predicted molar refractivity (Wildman–Crippen MR) is 110 cm³/mol. The lowest BCUT2D eigenvalue weighted by Crippen LogP contribution is -2.19. The normalized spacial score (nSPS) is 13.5. The first-order valence-corrected chi connectivity index (χ1v) is 9.44. The van der Waals surface area contributed by atoms with E-state index in [1.807, 2.05) is 41.0 Å². The number of primary amides is 1. The molecule has 0 bridgehead atoms. The van der Waals surface area contributed by atoms with Crippen LogP contribution in [-0.4, -0.2) is 36.6 Å². The molecule has 1 aromatic heterocycles. The summed E-state index contributed by atoms with van der Waals surface area (Å²) in [6.45, 7) is 1.08. The second kappa shape index (κ2) is 7.48. The summed E-state index contributed by atoms with van der Waals surface area (Å²) in [6.07, 6.45) is 2.26. The number of fused-ring (bicyclic) bond motifs is 3. The molecule has 1 amide bonds. The zero-order valence-corrected chi connectivity index (χ0v) is 15.8. The van der Waals surface area contributed by atoms with Crippen LogP contribution in [0.3, 0.4) is 0 Å². The first-order valence-electron chi connectivity index (χ1n) is 9.44. The Hall–Kier alpha value is -3.12. The number of carbonyl (C=O) groups is 2. The number of nitrogens with two attached hydrogens (primary N) is 1. The van der Waals surface area contributed by atoms with Gasteiger partial charge in [0.25, 0.3) is 5.91 Å². The second-order valence-electron chi connectivity index (χ2n) is 6.97. The molecule has 0 saturated heterocycles. The number of amides is 1. The monoisotopic (exact) mass is 377 g/mol. The van der Waals surface area contributed by atoms with E-state index in [9.17, 15) is 9.59 Å². The van der Waals surface area contributed by atoms with Gasteiger partial charge in [-0.05, 0) is 36.6 Å². The summed E-state index contributed by atoms with van der Waals surface area (Å²) in [4.78, 5) is 24.4. The SMILES string of the molecule is COCCNc1cc(-c2c3n(c4ccccc24)C(=O)CCC3)ccc1C(N)=O. The van der Waals surface area contributed by atoms with Crippen molar-refractivity contribution >= 4 is 28.4 Å². The van der Waals surface area contributed by atoms with Gasteiger partial charge in [-0.3, -0.25) is 14.2 Å². The van der Waals surface area contributed by atoms with Gasteiger partial charge in [-0.2, -0.15) is 0 Å². The molecule has 1 aliphatic heterocycles. The summed E-state index contributed by atoms with van der Waals surface area (Å²) < 4.78 is 6.95. The number of anilines is 1. The molecule has 0 radical (unpaired) electrons. The molecule has 0 fully saturated rings. The molecule has 2 heterocycles. The molecule has 3 aromatic rings. The third kappa shape index (κ3) is 3.05. The third-order valence-electron chi connectivity index (χ3n) is 5.22. The van der Waals surface area contributed by atoms with Gasteiger partial charge in [-0.15, -0.1) is 0 Å². The average molecular weight is 377 g/mol. The third-order valence-corrected chi connectivity index (χ3v) is 5.22. The van der Waals surface area contributed by atoms with Crippen LogP contribution >= 0.6 is 0 Å². The van der Waals surface area contributed by atoms with E-state index in [1.165, 1.54) is 0 Å². The summed E-state index contributed by atoms with van der Waals surface area (Å²) in [5, 5.41) is 4.28. The summed E-state index contributed by atoms with van der Waals surface area (Å²) in [7, 11) is 1.63. The second-order valence-corrected chi connectivity index (χ2v) is 6.97. The molecule has 28 heavy (non-hydrogen) atoms. The van der Waals surface area contributed by atoms with Crippen LogP contribution in [0.2, 0.25) is 0 Å². The average Bonchev–Trinajstić information content (AvgIpc) is 3.03. The number of nitrogens with zero attached hydrogens (tertiary/aromatic N) is 1. The number of methoxy groups -OCH3 is 1. The lowest BCUT2D eigenvalue weighted by atomic mass is 9.96. The molecule has 6 heteroatoms. The van der Waals surface area contributed by atoms with E-state index in [-0.39, 0.29) is 5.91 Å². The van der Waals surface area contributed by atoms with E-state index in [0.717, 1.165) is 40.6 Å². The largest absolute Gasteiger partial charge is 0.383 e. The van der Waals surface area contributed by atoms with Gasteiger partial charge >= 0.3 is 0 Å². The first kappa shape index (κ1) is 18.3. The van der Waals surface area contributed by atoms with Gasteiger partial charge in [0.1, 0.15) is 0 Å². The maximum atomic E-state index is 12.6. The maximum absolute atomic E-state index is 12.6. The van der Waals surface area contributed by atoms with E-state index >= 15 is 0 Å². The van der Waals surface area contributed by atoms with Gasteiger partial charge in [0.2, 0.25) is 5.91 Å². The molecule has 2 aromatic carbocycles. The fourth-order valence-electron chi connectivity index (χ4n) is 4.00. The highest BCUT2D eigenvalue weighted by Crippen LogP contribution is 2.39. The van der Waals surface area contributed by atoms with E-state index in [1.54, 1.807) is 13.2 Å². The van der Waals surface area contributed by atoms with Crippen LogP contribution in [0.25, 0.3) is 22.0 Å². The highest BCUT2D eigenvalue weighted by molar-refractivity contribution is 6.06. The Morgan fingerprint density at radius 1 is 1.21 bits per heavy atom. The Balaban J connectivity index is 1.90. The van der Waals surface area contributed by atoms with Crippen molar-refractivity contribution in [2.75, 3.05) is 25.6 Å².